The summed E-state index contributed by atoms with van der Waals surface area (Å²) in [6.07, 6.45) is -2.98. The van der Waals surface area contributed by atoms with Crippen LogP contribution in [0.15, 0.2) is 0 Å². The van der Waals surface area contributed by atoms with Crippen LogP contribution in [-0.2, 0) is 25.4 Å². The van der Waals surface area contributed by atoms with Crippen LogP contribution in [0.3, 0.4) is 0 Å². The molecule has 0 unspecified atom stereocenters. The average Bonchev–Trinajstić information content (AvgIpc) is 2.93. The van der Waals surface area contributed by atoms with Crippen molar-refractivity contribution in [3.05, 3.63) is 22.3 Å². The van der Waals surface area contributed by atoms with Gasteiger partial charge in [0.1, 0.15) is 17.1 Å². The first kappa shape index (κ1) is 13.5. The van der Waals surface area contributed by atoms with E-state index in [2.05, 4.69) is 5.73 Å². The van der Waals surface area contributed by atoms with Crippen LogP contribution in [0.2, 0.25) is 0 Å². The summed E-state index contributed by atoms with van der Waals surface area (Å²) in [6.45, 7) is 2.56. The average molecular weight is 288 g/mol. The van der Waals surface area contributed by atoms with E-state index in [-0.39, 0.29) is 17.4 Å². The molecule has 0 aromatic heterocycles. The fourth-order valence-electron chi connectivity index (χ4n) is 3.07. The van der Waals surface area contributed by atoms with E-state index in [1.54, 1.807) is 0 Å². The second-order valence-electron chi connectivity index (χ2n) is 5.47. The van der Waals surface area contributed by atoms with Crippen molar-refractivity contribution < 1.29 is 28.4 Å². The second kappa shape index (κ2) is 4.55. The highest BCUT2D eigenvalue weighted by atomic mass is 19.4. The largest absolute Gasteiger partial charge is 0.493 e. The molecule has 0 spiro atoms. The van der Waals surface area contributed by atoms with E-state index in [0.717, 1.165) is 5.56 Å². The smallest absolute Gasteiger partial charge is 0.420 e. The molecule has 1 atom stereocenters. The van der Waals surface area contributed by atoms with Gasteiger partial charge in [-0.3, -0.25) is 0 Å². The molecule has 0 saturated heterocycles. The molecule has 0 radical (unpaired) electrons. The van der Waals surface area contributed by atoms with E-state index >= 15 is 0 Å². The number of fused-ring (bicyclic) bond motifs is 2. The molecule has 3 N–H and O–H groups in total. The van der Waals surface area contributed by atoms with Crippen molar-refractivity contribution in [2.75, 3.05) is 13.2 Å². The maximum atomic E-state index is 13.3. The van der Waals surface area contributed by atoms with Crippen molar-refractivity contribution in [1.29, 1.82) is 0 Å². The Morgan fingerprint density at radius 2 is 1.70 bits per heavy atom. The van der Waals surface area contributed by atoms with Crippen LogP contribution in [0.5, 0.6) is 11.5 Å². The molecule has 1 aromatic carbocycles. The van der Waals surface area contributed by atoms with Crippen LogP contribution in [-0.4, -0.2) is 19.3 Å². The molecule has 1 aromatic rings. The lowest BCUT2D eigenvalue weighted by Crippen LogP contribution is -2.60. The Morgan fingerprint density at radius 1 is 1.10 bits per heavy atom. The van der Waals surface area contributed by atoms with E-state index in [9.17, 15) is 13.2 Å². The van der Waals surface area contributed by atoms with E-state index in [1.807, 2.05) is 6.92 Å². The monoisotopic (exact) mass is 288 g/mol. The molecular weight excluding hydrogens is 271 g/mol. The minimum Gasteiger partial charge on any atom is -0.493 e. The van der Waals surface area contributed by atoms with E-state index in [0.29, 0.717) is 43.8 Å². The summed E-state index contributed by atoms with van der Waals surface area (Å²) in [5.41, 5.74) is 5.09. The van der Waals surface area contributed by atoms with Crippen LogP contribution in [0.1, 0.15) is 29.2 Å². The summed E-state index contributed by atoms with van der Waals surface area (Å²) < 4.78 is 50.9. The molecule has 0 bridgehead atoms. The Balaban J connectivity index is 2.26. The lowest BCUT2D eigenvalue weighted by molar-refractivity contribution is -0.413. The van der Waals surface area contributed by atoms with Gasteiger partial charge in [-0.15, -0.1) is 0 Å². The van der Waals surface area contributed by atoms with Gasteiger partial charge in [-0.05, 0) is 6.92 Å². The second-order valence-corrected chi connectivity index (χ2v) is 5.47. The zero-order valence-electron chi connectivity index (χ0n) is 11.3. The summed E-state index contributed by atoms with van der Waals surface area (Å²) in [5, 5.41) is 0. The quantitative estimate of drug-likeness (QED) is 0.901. The van der Waals surface area contributed by atoms with Crippen molar-refractivity contribution in [2.24, 2.45) is 0 Å². The van der Waals surface area contributed by atoms with E-state index in [1.165, 1.54) is 0 Å². The Hall–Kier alpha value is -1.43. The van der Waals surface area contributed by atoms with Crippen molar-refractivity contribution in [2.45, 2.75) is 38.4 Å². The van der Waals surface area contributed by atoms with E-state index < -0.39 is 11.7 Å². The highest BCUT2D eigenvalue weighted by Crippen LogP contribution is 2.50. The summed E-state index contributed by atoms with van der Waals surface area (Å²) in [5.74, 6) is 0.453. The summed E-state index contributed by atoms with van der Waals surface area (Å²) in [4.78, 5) is 0. The van der Waals surface area contributed by atoms with Crippen molar-refractivity contribution in [3.8, 4) is 11.5 Å². The maximum absolute atomic E-state index is 13.3. The Morgan fingerprint density at radius 3 is 2.30 bits per heavy atom. The number of benzene rings is 1. The van der Waals surface area contributed by atoms with Crippen LogP contribution in [0, 0.1) is 0 Å². The molecule has 2 aliphatic rings. The van der Waals surface area contributed by atoms with Gasteiger partial charge in [-0.1, -0.05) is 0 Å². The van der Waals surface area contributed by atoms with Gasteiger partial charge >= 0.3 is 6.18 Å². The van der Waals surface area contributed by atoms with Crippen LogP contribution < -0.4 is 15.2 Å². The molecular formula is C14H17F3NO2+. The standard InChI is InChI=1S/C14H16F3NO2/c1-7(18)6-10-8-2-4-20-13(8)11(14(15,16)17)9-3-5-19-12(9)10/h7H,2-6,18H2,1H3/p+1/t7-/m0/s1. The normalized spacial score (nSPS) is 18.2. The number of hydrogen-bond donors (Lipinski definition) is 1. The first-order valence-electron chi connectivity index (χ1n) is 6.76. The highest BCUT2D eigenvalue weighted by molar-refractivity contribution is 5.63. The van der Waals surface area contributed by atoms with Gasteiger partial charge < -0.3 is 15.2 Å². The number of ether oxygens (including phenoxy) is 2. The number of halogens is 3. The topological polar surface area (TPSA) is 46.1 Å². The minimum atomic E-state index is -4.40. The van der Waals surface area contributed by atoms with Gasteiger partial charge in [-0.2, -0.15) is 13.2 Å². The van der Waals surface area contributed by atoms with Gasteiger partial charge in [0, 0.05) is 36.0 Å². The fourth-order valence-corrected chi connectivity index (χ4v) is 3.07. The number of quaternary nitrogens is 1. The molecule has 0 amide bonds. The maximum Gasteiger partial charge on any atom is 0.420 e. The van der Waals surface area contributed by atoms with Gasteiger partial charge in [0.05, 0.1) is 19.3 Å². The SMILES string of the molecule is C[C@H]([NH3+])Cc1c2c(c(C(F)(F)F)c3c1OCC3)OCC2. The Bertz CT molecular complexity index is 517. The van der Waals surface area contributed by atoms with Crippen molar-refractivity contribution in [1.82, 2.24) is 0 Å². The molecule has 2 heterocycles. The number of hydrogen-bond acceptors (Lipinski definition) is 2. The minimum absolute atomic E-state index is 0.0254. The molecule has 3 rings (SSSR count). The molecule has 0 fully saturated rings. The molecule has 20 heavy (non-hydrogen) atoms. The van der Waals surface area contributed by atoms with Crippen molar-refractivity contribution in [3.63, 3.8) is 0 Å². The number of alkyl halides is 3. The molecule has 0 saturated carbocycles. The number of rotatable bonds is 2. The third-order valence-corrected chi connectivity index (χ3v) is 3.75. The third-order valence-electron chi connectivity index (χ3n) is 3.75. The Kier molecular flexibility index (Phi) is 3.08. The Labute approximate surface area is 114 Å². The predicted octanol–water partition coefficient (Wildman–Crippen LogP) is 1.75. The molecule has 3 nitrogen and oxygen atoms in total. The zero-order chi connectivity index (χ0) is 14.5. The van der Waals surface area contributed by atoms with Gasteiger partial charge in [-0.25, -0.2) is 0 Å². The first-order valence-corrected chi connectivity index (χ1v) is 6.76. The first-order chi connectivity index (χ1) is 9.39. The fraction of sp³-hybridized carbons (Fsp3) is 0.571. The third kappa shape index (κ3) is 2.02. The molecule has 2 aliphatic heterocycles. The van der Waals surface area contributed by atoms with Gasteiger partial charge in [0.25, 0.3) is 0 Å². The van der Waals surface area contributed by atoms with Crippen LogP contribution >= 0.6 is 0 Å². The molecule has 0 aliphatic carbocycles. The lowest BCUT2D eigenvalue weighted by atomic mass is 9.91. The molecule has 110 valence electrons. The van der Waals surface area contributed by atoms with Gasteiger partial charge in [0.2, 0.25) is 0 Å². The van der Waals surface area contributed by atoms with Crippen LogP contribution in [0.25, 0.3) is 0 Å². The summed E-state index contributed by atoms with van der Waals surface area (Å²) in [6, 6.07) is 0.115. The van der Waals surface area contributed by atoms with E-state index in [4.69, 9.17) is 9.47 Å². The summed E-state index contributed by atoms with van der Waals surface area (Å²) in [7, 11) is 0. The lowest BCUT2D eigenvalue weighted by Gasteiger charge is -2.19. The highest BCUT2D eigenvalue weighted by Gasteiger charge is 2.44. The summed E-state index contributed by atoms with van der Waals surface area (Å²) >= 11 is 0. The predicted molar refractivity (Wildman–Crippen MR) is 65.9 cm³/mol. The van der Waals surface area contributed by atoms with Crippen LogP contribution in [0.4, 0.5) is 13.2 Å². The van der Waals surface area contributed by atoms with Crippen molar-refractivity contribution >= 4 is 0 Å². The van der Waals surface area contributed by atoms with Gasteiger partial charge in [0.15, 0.2) is 0 Å². The molecule has 6 heteroatoms. The zero-order valence-corrected chi connectivity index (χ0v) is 11.3.